The van der Waals surface area contributed by atoms with E-state index in [4.69, 9.17) is 23.7 Å². The van der Waals surface area contributed by atoms with E-state index in [0.29, 0.717) is 66.6 Å². The number of esters is 2. The summed E-state index contributed by atoms with van der Waals surface area (Å²) in [6.07, 6.45) is 1.04. The number of rotatable bonds is 11. The van der Waals surface area contributed by atoms with Crippen LogP contribution < -0.4 is 18.9 Å². The molecule has 268 valence electrons. The van der Waals surface area contributed by atoms with Crippen LogP contribution in [-0.4, -0.2) is 85.9 Å². The van der Waals surface area contributed by atoms with Gasteiger partial charge in [-0.15, -0.1) is 0 Å². The van der Waals surface area contributed by atoms with Crippen molar-refractivity contribution in [3.8, 4) is 23.0 Å². The fourth-order valence-electron chi connectivity index (χ4n) is 6.03. The van der Waals surface area contributed by atoms with Gasteiger partial charge in [-0.1, -0.05) is 13.2 Å². The summed E-state index contributed by atoms with van der Waals surface area (Å²) < 4.78 is 26.8. The average Bonchev–Trinajstić information content (AvgIpc) is 3.15. The number of nitrogens with zero attached hydrogens (tertiary/aromatic N) is 2. The van der Waals surface area contributed by atoms with Crippen LogP contribution in [-0.2, 0) is 14.3 Å². The predicted molar refractivity (Wildman–Crippen MR) is 190 cm³/mol. The van der Waals surface area contributed by atoms with E-state index in [9.17, 15) is 28.8 Å². The van der Waals surface area contributed by atoms with Crippen LogP contribution in [0, 0.1) is 0 Å². The molecule has 0 aromatic heterocycles. The summed E-state index contributed by atoms with van der Waals surface area (Å²) in [5, 5.41) is 1.90. The molecule has 0 radical (unpaired) electrons. The Bertz CT molecular complexity index is 2160. The molecule has 4 aromatic carbocycles. The van der Waals surface area contributed by atoms with E-state index in [1.54, 1.807) is 63.2 Å². The van der Waals surface area contributed by atoms with Gasteiger partial charge >= 0.3 is 11.9 Å². The van der Waals surface area contributed by atoms with Gasteiger partial charge in [-0.3, -0.25) is 29.0 Å². The number of amides is 4. The Labute approximate surface area is 298 Å². The quantitative estimate of drug-likeness (QED) is 0.0636. The lowest BCUT2D eigenvalue weighted by molar-refractivity contribution is -0.139. The van der Waals surface area contributed by atoms with Crippen molar-refractivity contribution in [2.24, 2.45) is 0 Å². The molecule has 2 aliphatic heterocycles. The Morgan fingerprint density at radius 2 is 1.04 bits per heavy atom. The van der Waals surface area contributed by atoms with Gasteiger partial charge in [0.05, 0.1) is 25.0 Å². The molecule has 4 amide bonds. The van der Waals surface area contributed by atoms with Gasteiger partial charge in [-0.05, 0) is 69.3 Å². The summed E-state index contributed by atoms with van der Waals surface area (Å²) in [5.41, 5.74) is 1.90. The lowest BCUT2D eigenvalue weighted by atomic mass is 9.93. The van der Waals surface area contributed by atoms with E-state index in [1.807, 2.05) is 0 Å². The Kier molecular flexibility index (Phi) is 10.7. The fourth-order valence-corrected chi connectivity index (χ4v) is 6.03. The zero-order chi connectivity index (χ0) is 37.9. The molecule has 0 saturated carbocycles. The summed E-state index contributed by atoms with van der Waals surface area (Å²) in [6, 6.07) is 12.9. The zero-order valence-electron chi connectivity index (χ0n) is 29.3. The van der Waals surface area contributed by atoms with E-state index < -0.39 is 11.9 Å². The van der Waals surface area contributed by atoms with E-state index >= 15 is 0 Å². The van der Waals surface area contributed by atoms with Crippen molar-refractivity contribution in [1.29, 1.82) is 0 Å². The van der Waals surface area contributed by atoms with E-state index in [2.05, 4.69) is 13.2 Å². The maximum absolute atomic E-state index is 12.7. The van der Waals surface area contributed by atoms with Crippen LogP contribution >= 0.6 is 0 Å². The largest absolute Gasteiger partial charge is 0.496 e. The van der Waals surface area contributed by atoms with E-state index in [1.165, 1.54) is 30.1 Å². The number of hydrogen-bond donors (Lipinski definition) is 0. The van der Waals surface area contributed by atoms with Crippen molar-refractivity contribution in [2.75, 3.05) is 40.5 Å². The minimum Gasteiger partial charge on any atom is -0.496 e. The zero-order valence-corrected chi connectivity index (χ0v) is 29.3. The second kappa shape index (κ2) is 15.2. The van der Waals surface area contributed by atoms with Crippen LogP contribution in [0.25, 0.3) is 21.5 Å². The number of benzene rings is 4. The lowest BCUT2D eigenvalue weighted by Crippen LogP contribution is -2.40. The first-order valence-corrected chi connectivity index (χ1v) is 16.2. The number of carbonyl (C=O) groups is 6. The first-order valence-electron chi connectivity index (χ1n) is 16.2. The van der Waals surface area contributed by atoms with Gasteiger partial charge < -0.3 is 23.7 Å². The lowest BCUT2D eigenvalue weighted by Gasteiger charge is -2.27. The fraction of sp³-hybridized carbons (Fsp3) is 0.231. The maximum atomic E-state index is 12.7. The molecule has 2 heterocycles. The van der Waals surface area contributed by atoms with Crippen LogP contribution in [0.1, 0.15) is 62.2 Å². The molecule has 52 heavy (non-hydrogen) atoms. The van der Waals surface area contributed by atoms with Crippen molar-refractivity contribution in [3.05, 3.63) is 95.6 Å². The monoisotopic (exact) mass is 708 g/mol. The molecule has 6 rings (SSSR count). The standard InChI is InChI=1S/C21H21NO6.C18H15NO5/c1-5-22-19(23)13-6-8-15(26-4)18-16(9-7-14(17(13)18)20(22)24)27-10-11-28-21(25)12(2)3;1-4-14(20)24-13-9-7-11-15-10(6-8-12(23-3)16(13)15)17(21)19(5-2)18(11)22/h6-9H,2,5,10-11H2,1,3-4H3;4,6-9H,1,5H2,2-3H3. The summed E-state index contributed by atoms with van der Waals surface area (Å²) in [5.74, 6) is -1.04. The number of carbonyl (C=O) groups excluding carboxylic acids is 6. The number of hydrogen-bond acceptors (Lipinski definition) is 11. The third kappa shape index (κ3) is 6.43. The average molecular weight is 709 g/mol. The van der Waals surface area contributed by atoms with Crippen LogP contribution in [0.5, 0.6) is 23.0 Å². The van der Waals surface area contributed by atoms with Gasteiger partial charge in [-0.2, -0.15) is 0 Å². The van der Waals surface area contributed by atoms with Crippen LogP contribution in [0.15, 0.2) is 73.3 Å². The third-order valence-corrected chi connectivity index (χ3v) is 8.44. The molecular weight excluding hydrogens is 672 g/mol. The van der Waals surface area contributed by atoms with Crippen molar-refractivity contribution in [2.45, 2.75) is 20.8 Å². The highest BCUT2D eigenvalue weighted by Gasteiger charge is 2.35. The number of imide groups is 2. The van der Waals surface area contributed by atoms with Gasteiger partial charge in [0.15, 0.2) is 0 Å². The Morgan fingerprint density at radius 3 is 1.42 bits per heavy atom. The second-order valence-electron chi connectivity index (χ2n) is 11.5. The van der Waals surface area contributed by atoms with E-state index in [0.717, 1.165) is 6.08 Å². The van der Waals surface area contributed by atoms with Crippen molar-refractivity contribution in [3.63, 3.8) is 0 Å². The second-order valence-corrected chi connectivity index (χ2v) is 11.5. The number of methoxy groups -OCH3 is 2. The minimum absolute atomic E-state index is 0.0401. The van der Waals surface area contributed by atoms with Crippen LogP contribution in [0.4, 0.5) is 0 Å². The molecule has 0 bridgehead atoms. The Balaban J connectivity index is 0.000000203. The molecule has 0 fully saturated rings. The Morgan fingerprint density at radius 1 is 0.635 bits per heavy atom. The smallest absolute Gasteiger partial charge is 0.335 e. The van der Waals surface area contributed by atoms with Crippen LogP contribution in [0.3, 0.4) is 0 Å². The summed E-state index contributed by atoms with van der Waals surface area (Å²) in [4.78, 5) is 76.0. The summed E-state index contributed by atoms with van der Waals surface area (Å²) >= 11 is 0. The first-order chi connectivity index (χ1) is 24.9. The van der Waals surface area contributed by atoms with Gasteiger partial charge in [0.1, 0.15) is 36.2 Å². The minimum atomic E-state index is -0.638. The summed E-state index contributed by atoms with van der Waals surface area (Å²) in [6.45, 7) is 12.6. The molecule has 13 nitrogen and oxygen atoms in total. The molecule has 2 aliphatic rings. The van der Waals surface area contributed by atoms with Gasteiger partial charge in [0, 0.05) is 57.8 Å². The maximum Gasteiger partial charge on any atom is 0.335 e. The van der Waals surface area contributed by atoms with E-state index in [-0.39, 0.29) is 55.7 Å². The third-order valence-electron chi connectivity index (χ3n) is 8.44. The van der Waals surface area contributed by atoms with Gasteiger partial charge in [0.25, 0.3) is 23.6 Å². The van der Waals surface area contributed by atoms with Crippen molar-refractivity contribution >= 4 is 57.1 Å². The molecule has 13 heteroatoms. The number of ether oxygens (including phenoxy) is 5. The molecular formula is C39H36N2O11. The van der Waals surface area contributed by atoms with Gasteiger partial charge in [-0.25, -0.2) is 9.59 Å². The Hall–Kier alpha value is -6.50. The molecule has 0 aliphatic carbocycles. The van der Waals surface area contributed by atoms with Crippen molar-refractivity contribution < 1.29 is 52.5 Å². The molecule has 4 aromatic rings. The SMILES string of the molecule is C=C(C)C(=O)OCCOc1ccc2c3c(ccc(OC)c13)C(=O)N(CC)C2=O.C=CC(=O)Oc1ccc2c3c(ccc(OC)c13)C(=O)N(CC)C2=O. The topological polar surface area (TPSA) is 155 Å². The van der Waals surface area contributed by atoms with Gasteiger partial charge in [0.2, 0.25) is 0 Å². The van der Waals surface area contributed by atoms with Crippen LogP contribution in [0.2, 0.25) is 0 Å². The molecule has 0 saturated heterocycles. The normalized spacial score (nSPS) is 13.0. The highest BCUT2D eigenvalue weighted by molar-refractivity contribution is 6.28. The molecule has 0 N–H and O–H groups in total. The highest BCUT2D eigenvalue weighted by atomic mass is 16.6. The molecule has 0 unspecified atom stereocenters. The predicted octanol–water partition coefficient (Wildman–Crippen LogP) is 5.52. The van der Waals surface area contributed by atoms with Crippen molar-refractivity contribution in [1.82, 2.24) is 9.80 Å². The summed E-state index contributed by atoms with van der Waals surface area (Å²) in [7, 11) is 2.97. The highest BCUT2D eigenvalue weighted by Crippen LogP contribution is 2.42. The molecule has 0 spiro atoms. The molecule has 0 atom stereocenters. The first kappa shape index (κ1) is 36.8.